The number of amides is 2. The number of esters is 1. The van der Waals surface area contributed by atoms with E-state index in [4.69, 9.17) is 17.0 Å². The van der Waals surface area contributed by atoms with E-state index in [1.807, 2.05) is 0 Å². The number of rotatable bonds is 12. The summed E-state index contributed by atoms with van der Waals surface area (Å²) in [6, 6.07) is 9.60. The van der Waals surface area contributed by atoms with Gasteiger partial charge in [-0.05, 0) is 68.0 Å². The molecule has 1 aliphatic heterocycles. The van der Waals surface area contributed by atoms with E-state index < -0.39 is 35.6 Å². The first kappa shape index (κ1) is 30.1. The smallest absolute Gasteiger partial charge is 0.416 e. The third-order valence-corrected chi connectivity index (χ3v) is 6.73. The molecule has 7 nitrogen and oxygen atoms in total. The van der Waals surface area contributed by atoms with Gasteiger partial charge in [0.2, 0.25) is 5.91 Å². The van der Waals surface area contributed by atoms with Crippen LogP contribution in [-0.4, -0.2) is 47.0 Å². The van der Waals surface area contributed by atoms with Crippen molar-refractivity contribution in [3.05, 3.63) is 59.7 Å². The highest BCUT2D eigenvalue weighted by molar-refractivity contribution is 7.80. The van der Waals surface area contributed by atoms with E-state index in [0.29, 0.717) is 17.8 Å². The van der Waals surface area contributed by atoms with Gasteiger partial charge in [0.25, 0.3) is 5.91 Å². The Morgan fingerprint density at radius 3 is 2.36 bits per heavy atom. The molecule has 0 bridgehead atoms. The number of halogens is 3. The molecule has 1 aliphatic rings. The number of alkyl halides is 3. The molecule has 2 amide bonds. The first-order valence-electron chi connectivity index (χ1n) is 13.0. The van der Waals surface area contributed by atoms with Gasteiger partial charge in [-0.25, -0.2) is 4.79 Å². The molecule has 0 spiro atoms. The molecule has 11 heteroatoms. The first-order chi connectivity index (χ1) is 18.6. The Hall–Kier alpha value is -3.47. The zero-order valence-electron chi connectivity index (χ0n) is 21.9. The van der Waals surface area contributed by atoms with Gasteiger partial charge < -0.3 is 15.0 Å². The maximum Gasteiger partial charge on any atom is 0.416 e. The lowest BCUT2D eigenvalue weighted by Crippen LogP contribution is -2.38. The maximum absolute atomic E-state index is 13.5. The molecule has 1 unspecified atom stereocenters. The summed E-state index contributed by atoms with van der Waals surface area (Å²) in [5, 5.41) is 2.79. The van der Waals surface area contributed by atoms with Gasteiger partial charge in [-0.2, -0.15) is 13.2 Å². The third kappa shape index (κ3) is 7.78. The van der Waals surface area contributed by atoms with Crippen molar-refractivity contribution in [3.8, 4) is 0 Å². The topological polar surface area (TPSA) is 79.0 Å². The van der Waals surface area contributed by atoms with E-state index >= 15 is 0 Å². The van der Waals surface area contributed by atoms with E-state index in [1.165, 1.54) is 24.3 Å². The summed E-state index contributed by atoms with van der Waals surface area (Å²) in [5.74, 6) is -1.51. The maximum atomic E-state index is 13.5. The van der Waals surface area contributed by atoms with Crippen LogP contribution in [0.3, 0.4) is 0 Å². The van der Waals surface area contributed by atoms with Crippen LogP contribution in [0.4, 0.5) is 24.5 Å². The number of hydrogen-bond donors (Lipinski definition) is 1. The number of benzene rings is 2. The van der Waals surface area contributed by atoms with Crippen molar-refractivity contribution in [1.29, 1.82) is 0 Å². The van der Waals surface area contributed by atoms with Crippen LogP contribution in [0, 0.1) is 0 Å². The summed E-state index contributed by atoms with van der Waals surface area (Å²) in [4.78, 5) is 41.0. The number of ether oxygens (including phenoxy) is 1. The minimum atomic E-state index is -4.58. The zero-order valence-corrected chi connectivity index (χ0v) is 22.7. The molecule has 1 heterocycles. The summed E-state index contributed by atoms with van der Waals surface area (Å²) in [7, 11) is 0. The predicted octanol–water partition coefficient (Wildman–Crippen LogP) is 6.18. The SMILES string of the molecule is CCCCCCCN1C(=S)N(c2cccc(C(F)(F)F)c2)C(=O)C1CC(=O)Nc1ccc(C(=O)OCC)cc1. The summed E-state index contributed by atoms with van der Waals surface area (Å²) < 4.78 is 44.9. The van der Waals surface area contributed by atoms with E-state index in [1.54, 1.807) is 24.0 Å². The fraction of sp³-hybridized carbons (Fsp3) is 0.429. The van der Waals surface area contributed by atoms with Gasteiger partial charge in [-0.3, -0.25) is 14.5 Å². The number of carbonyl (C=O) groups is 3. The van der Waals surface area contributed by atoms with Gasteiger partial charge in [0.1, 0.15) is 6.04 Å². The van der Waals surface area contributed by atoms with Gasteiger partial charge in [-0.15, -0.1) is 0 Å². The van der Waals surface area contributed by atoms with Crippen molar-refractivity contribution in [1.82, 2.24) is 4.90 Å². The van der Waals surface area contributed by atoms with Crippen molar-refractivity contribution in [2.75, 3.05) is 23.4 Å². The molecule has 1 fully saturated rings. The minimum Gasteiger partial charge on any atom is -0.462 e. The van der Waals surface area contributed by atoms with E-state index in [2.05, 4.69) is 12.2 Å². The van der Waals surface area contributed by atoms with E-state index in [9.17, 15) is 27.6 Å². The van der Waals surface area contributed by atoms with Crippen LogP contribution in [0.15, 0.2) is 48.5 Å². The molecule has 1 atom stereocenters. The van der Waals surface area contributed by atoms with Crippen LogP contribution in [0.5, 0.6) is 0 Å². The Morgan fingerprint density at radius 2 is 1.72 bits per heavy atom. The number of carbonyl (C=O) groups excluding carboxylic acids is 3. The average Bonchev–Trinajstić information content (AvgIpc) is 3.12. The first-order valence-corrected chi connectivity index (χ1v) is 13.4. The van der Waals surface area contributed by atoms with Crippen molar-refractivity contribution >= 4 is 46.5 Å². The lowest BCUT2D eigenvalue weighted by molar-refractivity contribution is -0.137. The molecule has 39 heavy (non-hydrogen) atoms. The van der Waals surface area contributed by atoms with Gasteiger partial charge in [0.05, 0.1) is 29.8 Å². The third-order valence-electron chi connectivity index (χ3n) is 6.31. The average molecular weight is 564 g/mol. The van der Waals surface area contributed by atoms with Gasteiger partial charge in [0.15, 0.2) is 5.11 Å². The van der Waals surface area contributed by atoms with Gasteiger partial charge in [-0.1, -0.05) is 38.7 Å². The number of anilines is 2. The Balaban J connectivity index is 1.78. The van der Waals surface area contributed by atoms with E-state index in [0.717, 1.165) is 49.1 Å². The summed E-state index contributed by atoms with van der Waals surface area (Å²) in [6.45, 7) is 4.43. The fourth-order valence-corrected chi connectivity index (χ4v) is 4.74. The molecule has 0 radical (unpaired) electrons. The van der Waals surface area contributed by atoms with Crippen LogP contribution in [0.25, 0.3) is 0 Å². The number of nitrogens with one attached hydrogen (secondary N) is 1. The number of hydrogen-bond acceptors (Lipinski definition) is 5. The lowest BCUT2D eigenvalue weighted by atomic mass is 10.1. The molecule has 0 saturated carbocycles. The fourth-order valence-electron chi connectivity index (χ4n) is 4.32. The van der Waals surface area contributed by atoms with Crippen molar-refractivity contribution in [3.63, 3.8) is 0 Å². The Bertz CT molecular complexity index is 1190. The highest BCUT2D eigenvalue weighted by atomic mass is 32.1. The summed E-state index contributed by atoms with van der Waals surface area (Å²) in [6.07, 6.45) is -0.0679. The monoisotopic (exact) mass is 563 g/mol. The largest absolute Gasteiger partial charge is 0.462 e. The molecule has 2 aromatic rings. The molecule has 210 valence electrons. The number of thiocarbonyl (C=S) groups is 1. The lowest BCUT2D eigenvalue weighted by Gasteiger charge is -2.24. The minimum absolute atomic E-state index is 0.00766. The Kier molecular flexibility index (Phi) is 10.4. The Labute approximate surface area is 231 Å². The predicted molar refractivity (Wildman–Crippen MR) is 146 cm³/mol. The van der Waals surface area contributed by atoms with Crippen LogP contribution >= 0.6 is 12.2 Å². The van der Waals surface area contributed by atoms with Crippen LogP contribution in [0.1, 0.15) is 68.3 Å². The van der Waals surface area contributed by atoms with Gasteiger partial charge >= 0.3 is 12.1 Å². The molecule has 1 saturated heterocycles. The zero-order chi connectivity index (χ0) is 28.6. The molecule has 2 aromatic carbocycles. The van der Waals surface area contributed by atoms with Gasteiger partial charge in [0, 0.05) is 12.2 Å². The Morgan fingerprint density at radius 1 is 1.03 bits per heavy atom. The molecule has 0 aromatic heterocycles. The molecule has 3 rings (SSSR count). The van der Waals surface area contributed by atoms with Crippen LogP contribution in [0.2, 0.25) is 0 Å². The highest BCUT2D eigenvalue weighted by Crippen LogP contribution is 2.34. The van der Waals surface area contributed by atoms with Crippen LogP contribution in [-0.2, 0) is 20.5 Å². The van der Waals surface area contributed by atoms with E-state index in [-0.39, 0.29) is 23.8 Å². The highest BCUT2D eigenvalue weighted by Gasteiger charge is 2.44. The van der Waals surface area contributed by atoms with Crippen LogP contribution < -0.4 is 10.2 Å². The second-order valence-electron chi connectivity index (χ2n) is 9.18. The molecular formula is C28H32F3N3O4S. The van der Waals surface area contributed by atoms with Crippen molar-refractivity contribution in [2.24, 2.45) is 0 Å². The summed E-state index contributed by atoms with van der Waals surface area (Å²) in [5.41, 5.74) is -0.137. The molecule has 0 aliphatic carbocycles. The molecular weight excluding hydrogens is 531 g/mol. The molecule has 1 N–H and O–H groups in total. The van der Waals surface area contributed by atoms with Crippen molar-refractivity contribution < 1.29 is 32.3 Å². The number of unbranched alkanes of at least 4 members (excludes halogenated alkanes) is 4. The number of nitrogens with zero attached hydrogens (tertiary/aromatic N) is 2. The second kappa shape index (κ2) is 13.5. The summed E-state index contributed by atoms with van der Waals surface area (Å²) >= 11 is 5.55. The normalized spacial score (nSPS) is 15.6. The van der Waals surface area contributed by atoms with Crippen molar-refractivity contribution in [2.45, 2.75) is 64.6 Å². The quantitative estimate of drug-likeness (QED) is 0.189. The second-order valence-corrected chi connectivity index (χ2v) is 9.54. The standard InChI is InChI=1S/C28H32F3N3O4S/c1-3-5-6-7-8-16-33-23(18-24(35)32-21-14-12-19(13-15-21)26(37)38-4-2)25(36)34(27(33)39)22-11-9-10-20(17-22)28(29,30)31/h9-15,17,23H,3-8,16,18H2,1-2H3,(H,32,35).